The third-order valence-electron chi connectivity index (χ3n) is 3.14. The van der Waals surface area contributed by atoms with E-state index < -0.39 is 5.97 Å². The Morgan fingerprint density at radius 2 is 1.90 bits per heavy atom. The van der Waals surface area contributed by atoms with Crippen molar-refractivity contribution in [2.75, 3.05) is 0 Å². The zero-order chi connectivity index (χ0) is 15.0. The number of carboxylic acids is 1. The van der Waals surface area contributed by atoms with Crippen LogP contribution in [0.15, 0.2) is 48.5 Å². The van der Waals surface area contributed by atoms with Crippen LogP contribution in [0, 0.1) is 0 Å². The average molecular weight is 300 g/mol. The highest BCUT2D eigenvalue weighted by atomic mass is 35.5. The predicted octanol–water partition coefficient (Wildman–Crippen LogP) is 3.96. The molecule has 21 heavy (non-hydrogen) atoms. The predicted molar refractivity (Wildman–Crippen MR) is 80.8 cm³/mol. The largest absolute Gasteiger partial charge is 0.508 e. The molecule has 0 saturated carbocycles. The molecule has 0 saturated heterocycles. The third kappa shape index (κ3) is 2.53. The molecule has 0 atom stereocenters. The number of pyridine rings is 1. The molecule has 2 aromatic carbocycles. The molecule has 2 N–H and O–H groups in total. The number of hydrogen-bond donors (Lipinski definition) is 2. The SMILES string of the molecule is O=C(O)c1cc(-c2cccc(O)c2)nc2ccc(Cl)cc12. The van der Waals surface area contributed by atoms with Crippen molar-refractivity contribution in [1.82, 2.24) is 4.98 Å². The lowest BCUT2D eigenvalue weighted by Gasteiger charge is -2.08. The molecule has 0 aliphatic heterocycles. The van der Waals surface area contributed by atoms with Gasteiger partial charge in [0.2, 0.25) is 0 Å². The van der Waals surface area contributed by atoms with Gasteiger partial charge >= 0.3 is 5.97 Å². The van der Waals surface area contributed by atoms with Crippen LogP contribution in [0.5, 0.6) is 5.75 Å². The van der Waals surface area contributed by atoms with Gasteiger partial charge < -0.3 is 10.2 Å². The van der Waals surface area contributed by atoms with Crippen molar-refractivity contribution in [3.63, 3.8) is 0 Å². The smallest absolute Gasteiger partial charge is 0.336 e. The van der Waals surface area contributed by atoms with E-state index in [9.17, 15) is 15.0 Å². The van der Waals surface area contributed by atoms with Crippen LogP contribution in [0.2, 0.25) is 5.02 Å². The lowest BCUT2D eigenvalue weighted by atomic mass is 10.0. The van der Waals surface area contributed by atoms with Crippen molar-refractivity contribution >= 4 is 28.5 Å². The summed E-state index contributed by atoms with van der Waals surface area (Å²) in [5, 5.41) is 19.9. The van der Waals surface area contributed by atoms with E-state index in [1.165, 1.54) is 12.1 Å². The highest BCUT2D eigenvalue weighted by molar-refractivity contribution is 6.31. The van der Waals surface area contributed by atoms with E-state index in [4.69, 9.17) is 11.6 Å². The molecule has 0 fully saturated rings. The summed E-state index contributed by atoms with van der Waals surface area (Å²) in [5.74, 6) is -0.951. The summed E-state index contributed by atoms with van der Waals surface area (Å²) in [6.45, 7) is 0. The first kappa shape index (κ1) is 13.4. The number of phenolic OH excluding ortho intramolecular Hbond substituents is 1. The fraction of sp³-hybridized carbons (Fsp3) is 0. The fourth-order valence-electron chi connectivity index (χ4n) is 2.19. The van der Waals surface area contributed by atoms with E-state index in [1.807, 2.05) is 0 Å². The minimum absolute atomic E-state index is 0.0994. The first-order valence-corrected chi connectivity index (χ1v) is 6.55. The molecular formula is C16H10ClNO3. The zero-order valence-electron chi connectivity index (χ0n) is 10.7. The summed E-state index contributed by atoms with van der Waals surface area (Å²) in [7, 11) is 0. The molecule has 0 radical (unpaired) electrons. The van der Waals surface area contributed by atoms with E-state index in [1.54, 1.807) is 36.4 Å². The van der Waals surface area contributed by atoms with Gasteiger partial charge in [0, 0.05) is 16.0 Å². The van der Waals surface area contributed by atoms with E-state index in [0.29, 0.717) is 27.2 Å². The van der Waals surface area contributed by atoms with Crippen LogP contribution in [0.25, 0.3) is 22.2 Å². The lowest BCUT2D eigenvalue weighted by molar-refractivity contribution is 0.0699. The minimum atomic E-state index is -1.05. The molecule has 4 nitrogen and oxygen atoms in total. The Morgan fingerprint density at radius 3 is 2.62 bits per heavy atom. The second kappa shape index (κ2) is 5.07. The van der Waals surface area contributed by atoms with E-state index in [-0.39, 0.29) is 11.3 Å². The number of benzene rings is 2. The van der Waals surface area contributed by atoms with Crippen molar-refractivity contribution in [2.45, 2.75) is 0 Å². The summed E-state index contributed by atoms with van der Waals surface area (Å²) in [6, 6.07) is 12.9. The Labute approximate surface area is 125 Å². The number of aromatic carboxylic acids is 1. The van der Waals surface area contributed by atoms with Crippen molar-refractivity contribution < 1.29 is 15.0 Å². The maximum absolute atomic E-state index is 11.5. The molecule has 3 rings (SSSR count). The number of fused-ring (bicyclic) bond motifs is 1. The van der Waals surface area contributed by atoms with Crippen LogP contribution >= 0.6 is 11.6 Å². The molecule has 3 aromatic rings. The average Bonchev–Trinajstić information content (AvgIpc) is 2.46. The van der Waals surface area contributed by atoms with E-state index >= 15 is 0 Å². The van der Waals surface area contributed by atoms with Crippen molar-refractivity contribution in [3.05, 3.63) is 59.1 Å². The second-order valence-corrected chi connectivity index (χ2v) is 5.01. The molecule has 0 unspecified atom stereocenters. The molecule has 0 aliphatic carbocycles. The molecule has 0 spiro atoms. The number of carboxylic acid groups (broad SMARTS) is 1. The van der Waals surface area contributed by atoms with Crippen LogP contribution in [0.4, 0.5) is 0 Å². The van der Waals surface area contributed by atoms with E-state index in [0.717, 1.165) is 0 Å². The van der Waals surface area contributed by atoms with Crippen LogP contribution < -0.4 is 0 Å². The molecule has 1 aromatic heterocycles. The van der Waals surface area contributed by atoms with Crippen LogP contribution in [-0.2, 0) is 0 Å². The van der Waals surface area contributed by atoms with Gasteiger partial charge in [-0.05, 0) is 36.4 Å². The molecule has 104 valence electrons. The van der Waals surface area contributed by atoms with Gasteiger partial charge in [-0.3, -0.25) is 0 Å². The number of carbonyl (C=O) groups is 1. The van der Waals surface area contributed by atoms with Gasteiger partial charge in [-0.15, -0.1) is 0 Å². The number of rotatable bonds is 2. The number of phenols is 1. The highest BCUT2D eigenvalue weighted by Gasteiger charge is 2.13. The van der Waals surface area contributed by atoms with Crippen LogP contribution in [0.3, 0.4) is 0 Å². The third-order valence-corrected chi connectivity index (χ3v) is 3.38. The molecule has 0 aliphatic rings. The normalized spacial score (nSPS) is 10.7. The second-order valence-electron chi connectivity index (χ2n) is 4.57. The van der Waals surface area contributed by atoms with Crippen LogP contribution in [0.1, 0.15) is 10.4 Å². The van der Waals surface area contributed by atoms with Crippen LogP contribution in [-0.4, -0.2) is 21.2 Å². The number of aromatic nitrogens is 1. The van der Waals surface area contributed by atoms with E-state index in [2.05, 4.69) is 4.98 Å². The number of halogens is 1. The zero-order valence-corrected chi connectivity index (χ0v) is 11.5. The van der Waals surface area contributed by atoms with Gasteiger partial charge in [-0.1, -0.05) is 23.7 Å². The number of hydrogen-bond acceptors (Lipinski definition) is 3. The Bertz CT molecular complexity index is 861. The maximum Gasteiger partial charge on any atom is 0.336 e. The van der Waals surface area contributed by atoms with Gasteiger partial charge in [-0.25, -0.2) is 9.78 Å². The monoisotopic (exact) mass is 299 g/mol. The van der Waals surface area contributed by atoms with Gasteiger partial charge in [0.1, 0.15) is 5.75 Å². The lowest BCUT2D eigenvalue weighted by Crippen LogP contribution is -2.00. The summed E-state index contributed by atoms with van der Waals surface area (Å²) < 4.78 is 0. The van der Waals surface area contributed by atoms with Crippen molar-refractivity contribution in [1.29, 1.82) is 0 Å². The quantitative estimate of drug-likeness (QED) is 0.751. The molecule has 0 bridgehead atoms. The fourth-order valence-corrected chi connectivity index (χ4v) is 2.36. The van der Waals surface area contributed by atoms with Gasteiger partial charge in [0.25, 0.3) is 0 Å². The minimum Gasteiger partial charge on any atom is -0.508 e. The first-order chi connectivity index (χ1) is 10.0. The Hall–Kier alpha value is -2.59. The standard InChI is InChI=1S/C16H10ClNO3/c17-10-4-5-14-12(7-10)13(16(20)21)8-15(18-14)9-2-1-3-11(19)6-9/h1-8,19H,(H,20,21). The van der Waals surface area contributed by atoms with Gasteiger partial charge in [-0.2, -0.15) is 0 Å². The number of aromatic hydroxyl groups is 1. The first-order valence-electron chi connectivity index (χ1n) is 6.17. The van der Waals surface area contributed by atoms with Gasteiger partial charge in [0.05, 0.1) is 16.8 Å². The highest BCUT2D eigenvalue weighted by Crippen LogP contribution is 2.28. The molecule has 0 amide bonds. The summed E-state index contributed by atoms with van der Waals surface area (Å²) in [6.07, 6.45) is 0. The van der Waals surface area contributed by atoms with Gasteiger partial charge in [0.15, 0.2) is 0 Å². The Kier molecular flexibility index (Phi) is 3.23. The maximum atomic E-state index is 11.5. The topological polar surface area (TPSA) is 70.4 Å². The molecular weight excluding hydrogens is 290 g/mol. The summed E-state index contributed by atoms with van der Waals surface area (Å²) in [5.41, 5.74) is 1.80. The van der Waals surface area contributed by atoms with Crippen molar-refractivity contribution in [3.8, 4) is 17.0 Å². The number of nitrogens with zero attached hydrogens (tertiary/aromatic N) is 1. The molecule has 1 heterocycles. The Balaban J connectivity index is 2.31. The molecule has 5 heteroatoms. The Morgan fingerprint density at radius 1 is 1.10 bits per heavy atom. The van der Waals surface area contributed by atoms with Crippen molar-refractivity contribution in [2.24, 2.45) is 0 Å². The summed E-state index contributed by atoms with van der Waals surface area (Å²) in [4.78, 5) is 15.9. The summed E-state index contributed by atoms with van der Waals surface area (Å²) >= 11 is 5.92.